The Hall–Kier alpha value is -1.22. The zero-order valence-corrected chi connectivity index (χ0v) is 7.74. The summed E-state index contributed by atoms with van der Waals surface area (Å²) in [5.41, 5.74) is 1.16. The topological polar surface area (TPSA) is 27.8 Å². The lowest BCUT2D eigenvalue weighted by atomic mass is 10.2. The third kappa shape index (κ3) is 1.16. The molecule has 0 amide bonds. The molecule has 1 aromatic heterocycles. The van der Waals surface area contributed by atoms with Crippen molar-refractivity contribution in [1.29, 1.82) is 0 Å². The van der Waals surface area contributed by atoms with Crippen LogP contribution in [0.25, 0.3) is 10.9 Å². The number of hydrogen-bond acceptors (Lipinski definition) is 1. The first-order chi connectivity index (χ1) is 6.24. The summed E-state index contributed by atoms with van der Waals surface area (Å²) in [4.78, 5) is 2.88. The van der Waals surface area contributed by atoms with Crippen LogP contribution < -0.4 is 5.32 Å². The van der Waals surface area contributed by atoms with E-state index in [0.717, 1.165) is 0 Å². The molecule has 0 fully saturated rings. The Morgan fingerprint density at radius 3 is 2.92 bits per heavy atom. The van der Waals surface area contributed by atoms with E-state index in [1.165, 1.54) is 0 Å². The summed E-state index contributed by atoms with van der Waals surface area (Å²) in [6.07, 6.45) is 1.58. The van der Waals surface area contributed by atoms with Crippen molar-refractivity contribution in [1.82, 2.24) is 4.98 Å². The SMILES string of the molecule is CNc1ccc2[nH]cc(Cl)c2c1F. The number of anilines is 1. The molecule has 0 aliphatic heterocycles. The van der Waals surface area contributed by atoms with Gasteiger partial charge in [0.15, 0.2) is 5.82 Å². The fraction of sp³-hybridized carbons (Fsp3) is 0.111. The Morgan fingerprint density at radius 1 is 1.46 bits per heavy atom. The first-order valence-electron chi connectivity index (χ1n) is 3.87. The fourth-order valence-electron chi connectivity index (χ4n) is 1.34. The highest BCUT2D eigenvalue weighted by Crippen LogP contribution is 2.29. The summed E-state index contributed by atoms with van der Waals surface area (Å²) >= 11 is 5.81. The molecule has 13 heavy (non-hydrogen) atoms. The molecule has 0 saturated heterocycles. The van der Waals surface area contributed by atoms with Crippen LogP contribution in [0.5, 0.6) is 0 Å². The number of rotatable bonds is 1. The molecular formula is C9H8ClFN2. The molecule has 0 bridgehead atoms. The molecule has 0 radical (unpaired) electrons. The van der Waals surface area contributed by atoms with E-state index >= 15 is 0 Å². The van der Waals surface area contributed by atoms with Gasteiger partial charge < -0.3 is 10.3 Å². The predicted molar refractivity (Wildman–Crippen MR) is 52.8 cm³/mol. The molecule has 0 saturated carbocycles. The van der Waals surface area contributed by atoms with Crippen molar-refractivity contribution >= 4 is 28.2 Å². The minimum atomic E-state index is -0.314. The van der Waals surface area contributed by atoms with Crippen molar-refractivity contribution in [2.75, 3.05) is 12.4 Å². The Balaban J connectivity index is 2.83. The minimum Gasteiger partial charge on any atom is -0.386 e. The highest BCUT2D eigenvalue weighted by molar-refractivity contribution is 6.35. The summed E-state index contributed by atoms with van der Waals surface area (Å²) in [5.74, 6) is -0.314. The average Bonchev–Trinajstić information content (AvgIpc) is 2.49. The molecule has 0 unspecified atom stereocenters. The third-order valence-corrected chi connectivity index (χ3v) is 2.30. The van der Waals surface area contributed by atoms with E-state index in [-0.39, 0.29) is 5.82 Å². The van der Waals surface area contributed by atoms with Gasteiger partial charge in [-0.1, -0.05) is 11.6 Å². The molecule has 0 aliphatic carbocycles. The molecular weight excluding hydrogens is 191 g/mol. The predicted octanol–water partition coefficient (Wildman–Crippen LogP) is 3.00. The number of H-pyrrole nitrogens is 1. The highest BCUT2D eigenvalue weighted by Gasteiger charge is 2.10. The van der Waals surface area contributed by atoms with Gasteiger partial charge >= 0.3 is 0 Å². The lowest BCUT2D eigenvalue weighted by Gasteiger charge is -2.02. The molecule has 68 valence electrons. The van der Waals surface area contributed by atoms with Crippen molar-refractivity contribution in [2.45, 2.75) is 0 Å². The lowest BCUT2D eigenvalue weighted by Crippen LogP contribution is -1.92. The zero-order valence-electron chi connectivity index (χ0n) is 6.99. The molecule has 1 heterocycles. The van der Waals surface area contributed by atoms with Crippen LogP contribution in [0, 0.1) is 5.82 Å². The second-order valence-electron chi connectivity index (χ2n) is 2.74. The Kier molecular flexibility index (Phi) is 1.88. The van der Waals surface area contributed by atoms with Crippen LogP contribution in [-0.2, 0) is 0 Å². The van der Waals surface area contributed by atoms with Crippen LogP contribution in [0.2, 0.25) is 5.02 Å². The first-order valence-corrected chi connectivity index (χ1v) is 4.24. The van der Waals surface area contributed by atoms with Gasteiger partial charge in [-0.05, 0) is 12.1 Å². The van der Waals surface area contributed by atoms with E-state index < -0.39 is 0 Å². The van der Waals surface area contributed by atoms with E-state index in [9.17, 15) is 4.39 Å². The number of aromatic amines is 1. The maximum absolute atomic E-state index is 13.6. The van der Waals surface area contributed by atoms with Gasteiger partial charge in [0.1, 0.15) is 0 Å². The van der Waals surface area contributed by atoms with Gasteiger partial charge in [-0.25, -0.2) is 4.39 Å². The maximum atomic E-state index is 13.6. The molecule has 0 spiro atoms. The monoisotopic (exact) mass is 198 g/mol. The van der Waals surface area contributed by atoms with Crippen LogP contribution in [0.15, 0.2) is 18.3 Å². The summed E-state index contributed by atoms with van der Waals surface area (Å²) in [6, 6.07) is 3.46. The third-order valence-electron chi connectivity index (χ3n) is 2.00. The maximum Gasteiger partial charge on any atom is 0.157 e. The van der Waals surface area contributed by atoms with Gasteiger partial charge in [-0.15, -0.1) is 0 Å². The van der Waals surface area contributed by atoms with Gasteiger partial charge in [-0.3, -0.25) is 0 Å². The van der Waals surface area contributed by atoms with Crippen molar-refractivity contribution < 1.29 is 4.39 Å². The number of fused-ring (bicyclic) bond motifs is 1. The number of hydrogen-bond donors (Lipinski definition) is 2. The van der Waals surface area contributed by atoms with Gasteiger partial charge in [0.2, 0.25) is 0 Å². The second kappa shape index (κ2) is 2.92. The van der Waals surface area contributed by atoms with Crippen LogP contribution >= 0.6 is 11.6 Å². The molecule has 0 atom stereocenters. The Labute approximate surface area is 79.7 Å². The molecule has 2 nitrogen and oxygen atoms in total. The largest absolute Gasteiger partial charge is 0.386 e. The standard InChI is InChI=1S/C9H8ClFN2/c1-12-7-3-2-6-8(9(7)11)5(10)4-13-6/h2-4,12-13H,1H3. The smallest absolute Gasteiger partial charge is 0.157 e. The summed E-state index contributed by atoms with van der Waals surface area (Å²) in [7, 11) is 1.67. The second-order valence-corrected chi connectivity index (χ2v) is 3.14. The van der Waals surface area contributed by atoms with E-state index in [0.29, 0.717) is 21.6 Å². The van der Waals surface area contributed by atoms with Crippen molar-refractivity contribution in [2.24, 2.45) is 0 Å². The number of benzene rings is 1. The van der Waals surface area contributed by atoms with Crippen LogP contribution in [0.4, 0.5) is 10.1 Å². The van der Waals surface area contributed by atoms with E-state index in [1.807, 2.05) is 0 Å². The molecule has 2 N–H and O–H groups in total. The summed E-state index contributed by atoms with van der Waals surface area (Å²) in [6.45, 7) is 0. The lowest BCUT2D eigenvalue weighted by molar-refractivity contribution is 0.643. The Morgan fingerprint density at radius 2 is 2.23 bits per heavy atom. The minimum absolute atomic E-state index is 0.314. The van der Waals surface area contributed by atoms with Crippen molar-refractivity contribution in [3.8, 4) is 0 Å². The van der Waals surface area contributed by atoms with Crippen molar-refractivity contribution in [3.05, 3.63) is 29.2 Å². The van der Waals surface area contributed by atoms with E-state index in [1.54, 1.807) is 25.4 Å². The van der Waals surface area contributed by atoms with E-state index in [4.69, 9.17) is 11.6 Å². The van der Waals surface area contributed by atoms with Crippen molar-refractivity contribution in [3.63, 3.8) is 0 Å². The summed E-state index contributed by atoms with van der Waals surface area (Å²) in [5, 5.41) is 3.60. The first kappa shape index (κ1) is 8.38. The van der Waals surface area contributed by atoms with Gasteiger partial charge in [-0.2, -0.15) is 0 Å². The van der Waals surface area contributed by atoms with Gasteiger partial charge in [0.05, 0.1) is 21.6 Å². The number of aromatic nitrogens is 1. The molecule has 2 aromatic rings. The number of nitrogens with one attached hydrogen (secondary N) is 2. The molecule has 2 rings (SSSR count). The quantitative estimate of drug-likeness (QED) is 0.725. The fourth-order valence-corrected chi connectivity index (χ4v) is 1.58. The van der Waals surface area contributed by atoms with Gasteiger partial charge in [0, 0.05) is 13.2 Å². The normalized spacial score (nSPS) is 10.7. The average molecular weight is 199 g/mol. The Bertz CT molecular complexity index is 450. The summed E-state index contributed by atoms with van der Waals surface area (Å²) < 4.78 is 13.6. The molecule has 0 aliphatic rings. The molecule has 1 aromatic carbocycles. The highest BCUT2D eigenvalue weighted by atomic mass is 35.5. The number of halogens is 2. The van der Waals surface area contributed by atoms with Crippen LogP contribution in [0.1, 0.15) is 0 Å². The molecule has 4 heteroatoms. The van der Waals surface area contributed by atoms with E-state index in [2.05, 4.69) is 10.3 Å². The van der Waals surface area contributed by atoms with Crippen LogP contribution in [-0.4, -0.2) is 12.0 Å². The van der Waals surface area contributed by atoms with Crippen LogP contribution in [0.3, 0.4) is 0 Å². The zero-order chi connectivity index (χ0) is 9.42. The van der Waals surface area contributed by atoms with Gasteiger partial charge in [0.25, 0.3) is 0 Å².